The van der Waals surface area contributed by atoms with Crippen LogP contribution in [0, 0.1) is 18.6 Å². The van der Waals surface area contributed by atoms with Crippen molar-refractivity contribution in [2.75, 3.05) is 7.11 Å². The molecule has 0 aliphatic carbocycles. The monoisotopic (exact) mass is 158 g/mol. The molecule has 0 N–H and O–H groups in total. The summed E-state index contributed by atoms with van der Waals surface area (Å²) < 4.78 is 29.9. The molecule has 0 saturated carbocycles. The highest BCUT2D eigenvalue weighted by Crippen LogP contribution is 2.23. The number of aryl methyl sites for hydroxylation is 1. The zero-order chi connectivity index (χ0) is 8.43. The number of halogens is 2. The van der Waals surface area contributed by atoms with Gasteiger partial charge in [0, 0.05) is 0 Å². The van der Waals surface area contributed by atoms with Crippen LogP contribution in [0.3, 0.4) is 0 Å². The van der Waals surface area contributed by atoms with Crippen molar-refractivity contribution in [1.82, 2.24) is 0 Å². The molecule has 1 aromatic carbocycles. The van der Waals surface area contributed by atoms with Crippen LogP contribution in [0.5, 0.6) is 5.75 Å². The first kappa shape index (κ1) is 7.98. The molecule has 0 amide bonds. The fourth-order valence-corrected chi connectivity index (χ4v) is 0.879. The van der Waals surface area contributed by atoms with Gasteiger partial charge < -0.3 is 4.74 Å². The third-order valence-corrected chi connectivity index (χ3v) is 1.45. The lowest BCUT2D eigenvalue weighted by molar-refractivity contribution is 0.369. The van der Waals surface area contributed by atoms with Crippen molar-refractivity contribution in [3.63, 3.8) is 0 Å². The van der Waals surface area contributed by atoms with Crippen molar-refractivity contribution in [1.29, 1.82) is 0 Å². The fourth-order valence-electron chi connectivity index (χ4n) is 0.879. The van der Waals surface area contributed by atoms with E-state index in [1.54, 1.807) is 6.92 Å². The first-order chi connectivity index (χ1) is 5.16. The Morgan fingerprint density at radius 1 is 1.27 bits per heavy atom. The van der Waals surface area contributed by atoms with E-state index in [1.807, 2.05) is 0 Å². The number of ether oxygens (including phenoxy) is 1. The smallest absolute Gasteiger partial charge is 0.200 e. The lowest BCUT2D eigenvalue weighted by atomic mass is 10.2. The van der Waals surface area contributed by atoms with Gasteiger partial charge in [-0.1, -0.05) is 6.07 Å². The largest absolute Gasteiger partial charge is 0.493 e. The molecule has 0 fully saturated rings. The third kappa shape index (κ3) is 1.31. The Morgan fingerprint density at radius 3 is 2.36 bits per heavy atom. The molecule has 0 atom stereocenters. The van der Waals surface area contributed by atoms with E-state index in [1.165, 1.54) is 13.2 Å². The Morgan fingerprint density at radius 2 is 1.91 bits per heavy atom. The van der Waals surface area contributed by atoms with E-state index in [0.29, 0.717) is 5.56 Å². The maximum atomic E-state index is 12.8. The Bertz CT molecular complexity index is 271. The van der Waals surface area contributed by atoms with Gasteiger partial charge >= 0.3 is 0 Å². The molecule has 0 radical (unpaired) electrons. The van der Waals surface area contributed by atoms with Crippen molar-refractivity contribution in [3.05, 3.63) is 29.3 Å². The lowest BCUT2D eigenvalue weighted by Gasteiger charge is -2.04. The number of methoxy groups -OCH3 is 1. The zero-order valence-electron chi connectivity index (χ0n) is 6.32. The molecule has 0 aliphatic rings. The molecule has 3 heteroatoms. The first-order valence-electron chi connectivity index (χ1n) is 3.15. The Kier molecular flexibility index (Phi) is 2.08. The van der Waals surface area contributed by atoms with Crippen molar-refractivity contribution >= 4 is 0 Å². The van der Waals surface area contributed by atoms with Gasteiger partial charge in [-0.25, -0.2) is 4.39 Å². The average molecular weight is 158 g/mol. The van der Waals surface area contributed by atoms with Crippen LogP contribution in [0.4, 0.5) is 8.78 Å². The van der Waals surface area contributed by atoms with Crippen molar-refractivity contribution in [2.24, 2.45) is 0 Å². The summed E-state index contributed by atoms with van der Waals surface area (Å²) in [6.45, 7) is 1.65. The van der Waals surface area contributed by atoms with Crippen molar-refractivity contribution in [2.45, 2.75) is 6.92 Å². The highest BCUT2D eigenvalue weighted by molar-refractivity contribution is 5.34. The summed E-state index contributed by atoms with van der Waals surface area (Å²) in [6.07, 6.45) is 0. The molecular weight excluding hydrogens is 150 g/mol. The van der Waals surface area contributed by atoms with E-state index in [4.69, 9.17) is 0 Å². The molecule has 0 aliphatic heterocycles. The van der Waals surface area contributed by atoms with Crippen LogP contribution >= 0.6 is 0 Å². The molecule has 1 aromatic rings. The molecule has 0 saturated heterocycles. The van der Waals surface area contributed by atoms with Gasteiger partial charge in [0.1, 0.15) is 0 Å². The van der Waals surface area contributed by atoms with Gasteiger partial charge in [-0.3, -0.25) is 0 Å². The summed E-state index contributed by atoms with van der Waals surface area (Å²) in [5.74, 6) is -1.83. The molecule has 0 spiro atoms. The summed E-state index contributed by atoms with van der Waals surface area (Å²) in [5.41, 5.74) is 0.589. The third-order valence-electron chi connectivity index (χ3n) is 1.45. The number of hydrogen-bond donors (Lipinski definition) is 0. The van der Waals surface area contributed by atoms with Crippen LogP contribution in [-0.2, 0) is 0 Å². The summed E-state index contributed by atoms with van der Waals surface area (Å²) in [6, 6.07) is 2.55. The lowest BCUT2D eigenvalue weighted by Crippen LogP contribution is -1.94. The normalized spacial score (nSPS) is 9.82. The zero-order valence-corrected chi connectivity index (χ0v) is 6.32. The molecular formula is C8H8F2O. The number of hydrogen-bond acceptors (Lipinski definition) is 1. The number of benzene rings is 1. The standard InChI is InChI=1S/C8H8F2O/c1-5-3-4-6(9)7(10)8(5)11-2/h3-4H,1-2H3. The summed E-state index contributed by atoms with van der Waals surface area (Å²) in [5, 5.41) is 0. The molecule has 0 aromatic heterocycles. The van der Waals surface area contributed by atoms with Gasteiger partial charge in [-0.05, 0) is 18.6 Å². The summed E-state index contributed by atoms with van der Waals surface area (Å²) in [4.78, 5) is 0. The minimum absolute atomic E-state index is 0.0231. The summed E-state index contributed by atoms with van der Waals surface area (Å²) >= 11 is 0. The van der Waals surface area contributed by atoms with E-state index >= 15 is 0 Å². The van der Waals surface area contributed by atoms with E-state index in [2.05, 4.69) is 4.74 Å². The van der Waals surface area contributed by atoms with Crippen molar-refractivity contribution in [3.8, 4) is 5.75 Å². The van der Waals surface area contributed by atoms with Gasteiger partial charge in [0.15, 0.2) is 11.6 Å². The minimum atomic E-state index is -0.924. The van der Waals surface area contributed by atoms with Gasteiger partial charge in [0.2, 0.25) is 5.82 Å². The second kappa shape index (κ2) is 2.86. The van der Waals surface area contributed by atoms with Gasteiger partial charge in [-0.15, -0.1) is 0 Å². The molecule has 0 bridgehead atoms. The fraction of sp³-hybridized carbons (Fsp3) is 0.250. The van der Waals surface area contributed by atoms with E-state index in [9.17, 15) is 8.78 Å². The summed E-state index contributed by atoms with van der Waals surface area (Å²) in [7, 11) is 1.31. The molecule has 1 nitrogen and oxygen atoms in total. The van der Waals surface area contributed by atoms with E-state index < -0.39 is 11.6 Å². The second-order valence-corrected chi connectivity index (χ2v) is 2.21. The van der Waals surface area contributed by atoms with Crippen LogP contribution in [-0.4, -0.2) is 7.11 Å². The molecule has 11 heavy (non-hydrogen) atoms. The highest BCUT2D eigenvalue weighted by Gasteiger charge is 2.10. The van der Waals surface area contributed by atoms with Crippen molar-refractivity contribution < 1.29 is 13.5 Å². The van der Waals surface area contributed by atoms with Crippen LogP contribution < -0.4 is 4.74 Å². The van der Waals surface area contributed by atoms with E-state index in [0.717, 1.165) is 6.07 Å². The van der Waals surface area contributed by atoms with E-state index in [-0.39, 0.29) is 5.75 Å². The number of rotatable bonds is 1. The predicted molar refractivity (Wildman–Crippen MR) is 37.6 cm³/mol. The maximum absolute atomic E-state index is 12.8. The Labute approximate surface area is 63.6 Å². The quantitative estimate of drug-likeness (QED) is 0.609. The molecule has 1 rings (SSSR count). The van der Waals surface area contributed by atoms with Crippen LogP contribution in [0.1, 0.15) is 5.56 Å². The average Bonchev–Trinajstić information content (AvgIpc) is 1.99. The Hall–Kier alpha value is -1.12. The minimum Gasteiger partial charge on any atom is -0.493 e. The molecule has 60 valence electrons. The topological polar surface area (TPSA) is 9.23 Å². The van der Waals surface area contributed by atoms with Gasteiger partial charge in [-0.2, -0.15) is 4.39 Å². The second-order valence-electron chi connectivity index (χ2n) is 2.21. The predicted octanol–water partition coefficient (Wildman–Crippen LogP) is 2.28. The Balaban J connectivity index is 3.29. The highest BCUT2D eigenvalue weighted by atomic mass is 19.2. The molecule has 0 unspecified atom stereocenters. The maximum Gasteiger partial charge on any atom is 0.200 e. The SMILES string of the molecule is COc1c(C)ccc(F)c1F. The first-order valence-corrected chi connectivity index (χ1v) is 3.15. The van der Waals surface area contributed by atoms with Crippen LogP contribution in [0.2, 0.25) is 0 Å². The van der Waals surface area contributed by atoms with Gasteiger partial charge in [0.25, 0.3) is 0 Å². The molecule has 0 heterocycles. The van der Waals surface area contributed by atoms with Crippen LogP contribution in [0.15, 0.2) is 12.1 Å². The van der Waals surface area contributed by atoms with Crippen LogP contribution in [0.25, 0.3) is 0 Å². The van der Waals surface area contributed by atoms with Gasteiger partial charge in [0.05, 0.1) is 7.11 Å².